The topological polar surface area (TPSA) is 104 Å². The molecule has 0 amide bonds. The van der Waals surface area contributed by atoms with E-state index in [1.165, 1.54) is 9.13 Å². The molecule has 0 fully saturated rings. The van der Waals surface area contributed by atoms with Crippen LogP contribution in [-0.2, 0) is 13.1 Å². The standard InChI is InChI=1S/C19H20N4O3/c1-3-9-22-16-15(18(25)23(10-4-2)19(22)26)21-14(17(16)24)13-7-5-12(11-20)6-8-13/h5-8,21,24H,3-4,9-10H2,1-2H3. The van der Waals surface area contributed by atoms with E-state index >= 15 is 0 Å². The third-order valence-electron chi connectivity index (χ3n) is 4.34. The lowest BCUT2D eigenvalue weighted by Gasteiger charge is -2.10. The van der Waals surface area contributed by atoms with Crippen LogP contribution in [0.15, 0.2) is 33.9 Å². The first kappa shape index (κ1) is 17.5. The summed E-state index contributed by atoms with van der Waals surface area (Å²) in [4.78, 5) is 28.5. The number of aromatic hydroxyl groups is 1. The third kappa shape index (κ3) is 2.69. The zero-order valence-electron chi connectivity index (χ0n) is 14.7. The normalized spacial score (nSPS) is 11.0. The predicted molar refractivity (Wildman–Crippen MR) is 99.2 cm³/mol. The molecule has 0 bridgehead atoms. The van der Waals surface area contributed by atoms with E-state index in [-0.39, 0.29) is 16.8 Å². The van der Waals surface area contributed by atoms with Crippen LogP contribution in [0, 0.1) is 11.3 Å². The van der Waals surface area contributed by atoms with Crippen LogP contribution in [0.25, 0.3) is 22.3 Å². The van der Waals surface area contributed by atoms with Crippen molar-refractivity contribution in [3.05, 3.63) is 50.7 Å². The number of H-pyrrole nitrogens is 1. The number of aryl methyl sites for hydroxylation is 1. The quantitative estimate of drug-likeness (QED) is 0.736. The first-order chi connectivity index (χ1) is 12.5. The van der Waals surface area contributed by atoms with E-state index in [1.54, 1.807) is 24.3 Å². The molecule has 0 radical (unpaired) electrons. The van der Waals surface area contributed by atoms with Crippen molar-refractivity contribution in [3.8, 4) is 23.1 Å². The summed E-state index contributed by atoms with van der Waals surface area (Å²) in [5, 5.41) is 19.7. The van der Waals surface area contributed by atoms with Crippen LogP contribution in [0.2, 0.25) is 0 Å². The number of nitrogens with zero attached hydrogens (tertiary/aromatic N) is 3. The number of rotatable bonds is 5. The number of fused-ring (bicyclic) bond motifs is 1. The molecule has 0 spiro atoms. The van der Waals surface area contributed by atoms with Gasteiger partial charge in [-0.1, -0.05) is 26.0 Å². The van der Waals surface area contributed by atoms with Crippen LogP contribution < -0.4 is 11.2 Å². The molecular formula is C19H20N4O3. The Kier molecular flexibility index (Phi) is 4.67. The molecule has 2 aromatic heterocycles. The molecule has 0 unspecified atom stereocenters. The summed E-state index contributed by atoms with van der Waals surface area (Å²) in [5.74, 6) is -0.129. The van der Waals surface area contributed by atoms with Gasteiger partial charge in [0.05, 0.1) is 17.3 Å². The van der Waals surface area contributed by atoms with Crippen LogP contribution in [0.5, 0.6) is 5.75 Å². The van der Waals surface area contributed by atoms with Gasteiger partial charge in [0.1, 0.15) is 11.0 Å². The Bertz CT molecular complexity index is 1110. The maximum Gasteiger partial charge on any atom is 0.331 e. The van der Waals surface area contributed by atoms with E-state index < -0.39 is 11.2 Å². The van der Waals surface area contributed by atoms with Crippen molar-refractivity contribution in [2.45, 2.75) is 39.8 Å². The third-order valence-corrected chi connectivity index (χ3v) is 4.34. The summed E-state index contributed by atoms with van der Waals surface area (Å²) in [6.07, 6.45) is 1.35. The van der Waals surface area contributed by atoms with Crippen molar-refractivity contribution in [1.29, 1.82) is 5.26 Å². The summed E-state index contributed by atoms with van der Waals surface area (Å²) in [5.41, 5.74) is 1.09. The highest BCUT2D eigenvalue weighted by molar-refractivity contribution is 5.90. The molecule has 0 atom stereocenters. The van der Waals surface area contributed by atoms with E-state index in [0.29, 0.717) is 42.8 Å². The molecule has 7 heteroatoms. The fraction of sp³-hybridized carbons (Fsp3) is 0.316. The highest BCUT2D eigenvalue weighted by Gasteiger charge is 2.21. The van der Waals surface area contributed by atoms with Gasteiger partial charge in [0, 0.05) is 18.7 Å². The zero-order chi connectivity index (χ0) is 18.8. The average Bonchev–Trinajstić information content (AvgIpc) is 3.00. The van der Waals surface area contributed by atoms with Gasteiger partial charge in [-0.3, -0.25) is 13.9 Å². The summed E-state index contributed by atoms with van der Waals surface area (Å²) in [6.45, 7) is 4.55. The molecule has 1 aromatic carbocycles. The fourth-order valence-electron chi connectivity index (χ4n) is 3.13. The van der Waals surface area contributed by atoms with Gasteiger partial charge < -0.3 is 10.1 Å². The lowest BCUT2D eigenvalue weighted by molar-refractivity contribution is 0.475. The van der Waals surface area contributed by atoms with Crippen LogP contribution in [0.3, 0.4) is 0 Å². The largest absolute Gasteiger partial charge is 0.504 e. The van der Waals surface area contributed by atoms with Gasteiger partial charge in [0.2, 0.25) is 0 Å². The zero-order valence-corrected chi connectivity index (χ0v) is 14.7. The smallest absolute Gasteiger partial charge is 0.331 e. The minimum atomic E-state index is -0.436. The van der Waals surface area contributed by atoms with Crippen molar-refractivity contribution in [1.82, 2.24) is 14.1 Å². The van der Waals surface area contributed by atoms with Crippen molar-refractivity contribution < 1.29 is 5.11 Å². The SMILES string of the molecule is CCCn1c(=O)c2[nH]c(-c3ccc(C#N)cc3)c(O)c2n(CCC)c1=O. The number of aromatic nitrogens is 3. The van der Waals surface area contributed by atoms with Gasteiger partial charge >= 0.3 is 5.69 Å². The van der Waals surface area contributed by atoms with Crippen molar-refractivity contribution >= 4 is 11.0 Å². The second kappa shape index (κ2) is 6.92. The van der Waals surface area contributed by atoms with Gasteiger partial charge in [0.25, 0.3) is 5.56 Å². The minimum absolute atomic E-state index is 0.129. The summed E-state index contributed by atoms with van der Waals surface area (Å²) in [7, 11) is 0. The number of hydrogen-bond donors (Lipinski definition) is 2. The summed E-state index contributed by atoms with van der Waals surface area (Å²) < 4.78 is 2.65. The maximum atomic E-state index is 12.8. The first-order valence-electron chi connectivity index (χ1n) is 8.62. The Labute approximate surface area is 149 Å². The molecular weight excluding hydrogens is 332 g/mol. The van der Waals surface area contributed by atoms with Crippen LogP contribution in [-0.4, -0.2) is 19.2 Å². The molecule has 2 N–H and O–H groups in total. The van der Waals surface area contributed by atoms with Gasteiger partial charge in [-0.2, -0.15) is 5.26 Å². The second-order valence-corrected chi connectivity index (χ2v) is 6.15. The molecule has 0 aliphatic rings. The molecule has 0 saturated carbocycles. The van der Waals surface area contributed by atoms with E-state index in [4.69, 9.17) is 5.26 Å². The van der Waals surface area contributed by atoms with Gasteiger partial charge in [-0.05, 0) is 25.0 Å². The molecule has 2 heterocycles. The molecule has 0 saturated heterocycles. The molecule has 0 aliphatic carbocycles. The molecule has 26 heavy (non-hydrogen) atoms. The molecule has 3 rings (SSSR count). The monoisotopic (exact) mass is 352 g/mol. The molecule has 3 aromatic rings. The first-order valence-corrected chi connectivity index (χ1v) is 8.62. The highest BCUT2D eigenvalue weighted by Crippen LogP contribution is 2.34. The van der Waals surface area contributed by atoms with Gasteiger partial charge in [-0.25, -0.2) is 4.79 Å². The van der Waals surface area contributed by atoms with Crippen LogP contribution in [0.4, 0.5) is 0 Å². The molecule has 134 valence electrons. The number of nitriles is 1. The van der Waals surface area contributed by atoms with Crippen molar-refractivity contribution in [3.63, 3.8) is 0 Å². The van der Waals surface area contributed by atoms with Crippen molar-refractivity contribution in [2.75, 3.05) is 0 Å². The number of aromatic amines is 1. The van der Waals surface area contributed by atoms with Crippen LogP contribution in [0.1, 0.15) is 32.3 Å². The van der Waals surface area contributed by atoms with Crippen molar-refractivity contribution in [2.24, 2.45) is 0 Å². The van der Waals surface area contributed by atoms with E-state index in [2.05, 4.69) is 4.98 Å². The Morgan fingerprint density at radius 3 is 2.27 bits per heavy atom. The maximum absolute atomic E-state index is 12.8. The van der Waals surface area contributed by atoms with E-state index in [0.717, 1.165) is 0 Å². The second-order valence-electron chi connectivity index (χ2n) is 6.15. The summed E-state index contributed by atoms with van der Waals surface area (Å²) in [6, 6.07) is 8.69. The Hall–Kier alpha value is -3.27. The predicted octanol–water partition coefficient (Wildman–Crippen LogP) is 2.56. The Balaban J connectivity index is 2.35. The van der Waals surface area contributed by atoms with Gasteiger partial charge in [-0.15, -0.1) is 0 Å². The number of hydrogen-bond acceptors (Lipinski definition) is 4. The minimum Gasteiger partial charge on any atom is -0.504 e. The summed E-state index contributed by atoms with van der Waals surface area (Å²) >= 11 is 0. The highest BCUT2D eigenvalue weighted by atomic mass is 16.3. The number of benzene rings is 1. The Morgan fingerprint density at radius 2 is 1.69 bits per heavy atom. The lowest BCUT2D eigenvalue weighted by Crippen LogP contribution is -2.40. The van der Waals surface area contributed by atoms with Crippen LogP contribution >= 0.6 is 0 Å². The van der Waals surface area contributed by atoms with E-state index in [1.807, 2.05) is 19.9 Å². The van der Waals surface area contributed by atoms with Gasteiger partial charge in [0.15, 0.2) is 5.75 Å². The number of nitrogens with one attached hydrogen (secondary N) is 1. The molecule has 7 nitrogen and oxygen atoms in total. The lowest BCUT2D eigenvalue weighted by atomic mass is 10.1. The van der Waals surface area contributed by atoms with E-state index in [9.17, 15) is 14.7 Å². The fourth-order valence-corrected chi connectivity index (χ4v) is 3.13. The molecule has 0 aliphatic heterocycles. The average molecular weight is 352 g/mol. The Morgan fingerprint density at radius 1 is 1.08 bits per heavy atom.